The standard InChI is InChI=1S/C19H28N4O2/c1-13-3-6-17(20-11-13)22-19(25)16-7-9-23(10-8-16)12-18(24)21-14(2)15-4-5-15/h3,6,11,14-16H,4-5,7-10,12H2,1-2H3,(H,21,24)(H,20,22,25)/t14-/m1/s1. The highest BCUT2D eigenvalue weighted by Crippen LogP contribution is 2.32. The van der Waals surface area contributed by atoms with Gasteiger partial charge in [0, 0.05) is 18.2 Å². The second-order valence-corrected chi connectivity index (χ2v) is 7.45. The summed E-state index contributed by atoms with van der Waals surface area (Å²) in [7, 11) is 0. The van der Waals surface area contributed by atoms with Gasteiger partial charge >= 0.3 is 0 Å². The maximum atomic E-state index is 12.4. The summed E-state index contributed by atoms with van der Waals surface area (Å²) >= 11 is 0. The summed E-state index contributed by atoms with van der Waals surface area (Å²) in [6.45, 7) is 6.06. The Balaban J connectivity index is 1.39. The number of amides is 2. The molecule has 2 heterocycles. The van der Waals surface area contributed by atoms with Crippen LogP contribution in [-0.2, 0) is 9.59 Å². The molecule has 6 nitrogen and oxygen atoms in total. The van der Waals surface area contributed by atoms with E-state index in [1.165, 1.54) is 12.8 Å². The third-order valence-corrected chi connectivity index (χ3v) is 5.21. The average molecular weight is 344 g/mol. The second kappa shape index (κ2) is 7.95. The summed E-state index contributed by atoms with van der Waals surface area (Å²) in [4.78, 5) is 30.8. The molecule has 2 aliphatic rings. The number of nitrogens with zero attached hydrogens (tertiary/aromatic N) is 2. The number of hydrogen-bond acceptors (Lipinski definition) is 4. The smallest absolute Gasteiger partial charge is 0.234 e. The highest BCUT2D eigenvalue weighted by Gasteiger charge is 2.30. The van der Waals surface area contributed by atoms with E-state index >= 15 is 0 Å². The Labute approximate surface area is 149 Å². The first-order valence-electron chi connectivity index (χ1n) is 9.26. The van der Waals surface area contributed by atoms with Gasteiger partial charge in [0.2, 0.25) is 11.8 Å². The number of pyridine rings is 1. The quantitative estimate of drug-likeness (QED) is 0.827. The minimum Gasteiger partial charge on any atom is -0.352 e. The van der Waals surface area contributed by atoms with Crippen molar-refractivity contribution in [3.05, 3.63) is 23.9 Å². The first kappa shape index (κ1) is 17.9. The van der Waals surface area contributed by atoms with Crippen LogP contribution in [0.15, 0.2) is 18.3 Å². The number of hydrogen-bond donors (Lipinski definition) is 2. The fourth-order valence-corrected chi connectivity index (χ4v) is 3.34. The third-order valence-electron chi connectivity index (χ3n) is 5.21. The summed E-state index contributed by atoms with van der Waals surface area (Å²) in [5.74, 6) is 1.40. The van der Waals surface area contributed by atoms with E-state index in [0.29, 0.717) is 18.3 Å². The van der Waals surface area contributed by atoms with Gasteiger partial charge in [-0.2, -0.15) is 0 Å². The molecule has 0 unspecified atom stereocenters. The highest BCUT2D eigenvalue weighted by atomic mass is 16.2. The van der Waals surface area contributed by atoms with Crippen LogP contribution >= 0.6 is 0 Å². The van der Waals surface area contributed by atoms with Crippen molar-refractivity contribution in [3.63, 3.8) is 0 Å². The van der Waals surface area contributed by atoms with Crippen LogP contribution in [0.4, 0.5) is 5.82 Å². The van der Waals surface area contributed by atoms with E-state index in [2.05, 4.69) is 27.4 Å². The molecule has 0 aromatic carbocycles. The van der Waals surface area contributed by atoms with Gasteiger partial charge in [-0.25, -0.2) is 4.98 Å². The zero-order valence-corrected chi connectivity index (χ0v) is 15.1. The fraction of sp³-hybridized carbons (Fsp3) is 0.632. The number of nitrogens with one attached hydrogen (secondary N) is 2. The number of piperidine rings is 1. The van der Waals surface area contributed by atoms with Gasteiger partial charge in [-0.1, -0.05) is 6.07 Å². The lowest BCUT2D eigenvalue weighted by atomic mass is 9.96. The predicted molar refractivity (Wildman–Crippen MR) is 97.1 cm³/mol. The third kappa shape index (κ3) is 5.26. The minimum atomic E-state index is -0.00666. The molecule has 0 bridgehead atoms. The minimum absolute atomic E-state index is 0.00666. The molecule has 1 atom stereocenters. The Morgan fingerprint density at radius 1 is 1.24 bits per heavy atom. The van der Waals surface area contributed by atoms with Gasteiger partial charge in [-0.05, 0) is 70.2 Å². The largest absolute Gasteiger partial charge is 0.352 e. The maximum absolute atomic E-state index is 12.4. The second-order valence-electron chi connectivity index (χ2n) is 7.45. The molecule has 25 heavy (non-hydrogen) atoms. The van der Waals surface area contributed by atoms with Crippen molar-refractivity contribution in [3.8, 4) is 0 Å². The van der Waals surface area contributed by atoms with Crippen LogP contribution in [0.2, 0.25) is 0 Å². The predicted octanol–water partition coefficient (Wildman–Crippen LogP) is 1.96. The molecule has 2 N–H and O–H groups in total. The summed E-state index contributed by atoms with van der Waals surface area (Å²) in [6, 6.07) is 4.05. The Morgan fingerprint density at radius 3 is 2.56 bits per heavy atom. The van der Waals surface area contributed by atoms with Crippen molar-refractivity contribution in [2.75, 3.05) is 25.0 Å². The van der Waals surface area contributed by atoms with Gasteiger partial charge in [0.25, 0.3) is 0 Å². The molecule has 1 aliphatic carbocycles. The molecule has 0 spiro atoms. The lowest BCUT2D eigenvalue weighted by molar-refractivity contribution is -0.124. The molecule has 0 radical (unpaired) electrons. The monoisotopic (exact) mass is 344 g/mol. The number of aromatic nitrogens is 1. The number of carbonyl (C=O) groups is 2. The summed E-state index contributed by atoms with van der Waals surface area (Å²) < 4.78 is 0. The first-order valence-corrected chi connectivity index (χ1v) is 9.26. The zero-order chi connectivity index (χ0) is 17.8. The summed E-state index contributed by atoms with van der Waals surface area (Å²) in [6.07, 6.45) is 5.78. The Morgan fingerprint density at radius 2 is 1.96 bits per heavy atom. The molecule has 1 saturated heterocycles. The van der Waals surface area contributed by atoms with Crippen molar-refractivity contribution in [2.24, 2.45) is 11.8 Å². The van der Waals surface area contributed by atoms with Crippen LogP contribution in [0.1, 0.15) is 38.2 Å². The molecule has 136 valence electrons. The SMILES string of the molecule is Cc1ccc(NC(=O)C2CCN(CC(=O)N[C@H](C)C3CC3)CC2)nc1. The number of rotatable bonds is 6. The van der Waals surface area contributed by atoms with Crippen LogP contribution in [-0.4, -0.2) is 47.4 Å². The van der Waals surface area contributed by atoms with E-state index in [9.17, 15) is 9.59 Å². The molecule has 2 fully saturated rings. The normalized spacial score (nSPS) is 20.1. The van der Waals surface area contributed by atoms with E-state index in [1.54, 1.807) is 6.20 Å². The van der Waals surface area contributed by atoms with Crippen LogP contribution in [0.3, 0.4) is 0 Å². The molecule has 2 amide bonds. The van der Waals surface area contributed by atoms with Crippen LogP contribution < -0.4 is 10.6 Å². The van der Waals surface area contributed by atoms with Crippen molar-refractivity contribution < 1.29 is 9.59 Å². The number of aryl methyl sites for hydroxylation is 1. The van der Waals surface area contributed by atoms with Crippen molar-refractivity contribution in [2.45, 2.75) is 45.6 Å². The topological polar surface area (TPSA) is 74.3 Å². The van der Waals surface area contributed by atoms with Crippen LogP contribution in [0.5, 0.6) is 0 Å². The number of anilines is 1. The Kier molecular flexibility index (Phi) is 5.68. The molecular formula is C19H28N4O2. The maximum Gasteiger partial charge on any atom is 0.234 e. The van der Waals surface area contributed by atoms with Crippen LogP contribution in [0, 0.1) is 18.8 Å². The van der Waals surface area contributed by atoms with Crippen molar-refractivity contribution >= 4 is 17.6 Å². The van der Waals surface area contributed by atoms with E-state index < -0.39 is 0 Å². The average Bonchev–Trinajstić information content (AvgIpc) is 3.42. The Hall–Kier alpha value is -1.95. The van der Waals surface area contributed by atoms with Crippen molar-refractivity contribution in [1.29, 1.82) is 0 Å². The van der Waals surface area contributed by atoms with E-state index in [4.69, 9.17) is 0 Å². The molecule has 6 heteroatoms. The molecule has 1 aliphatic heterocycles. The lowest BCUT2D eigenvalue weighted by Crippen LogP contribution is -2.45. The number of carbonyl (C=O) groups excluding carboxylic acids is 2. The molecule has 1 aromatic rings. The van der Waals surface area contributed by atoms with E-state index in [1.807, 2.05) is 19.1 Å². The molecule has 3 rings (SSSR count). The number of likely N-dealkylation sites (tertiary alicyclic amines) is 1. The molecule has 1 aromatic heterocycles. The molecule has 1 saturated carbocycles. The lowest BCUT2D eigenvalue weighted by Gasteiger charge is -2.31. The highest BCUT2D eigenvalue weighted by molar-refractivity contribution is 5.91. The van der Waals surface area contributed by atoms with Crippen molar-refractivity contribution in [1.82, 2.24) is 15.2 Å². The molecular weight excluding hydrogens is 316 g/mol. The van der Waals surface area contributed by atoms with Gasteiger partial charge in [0.05, 0.1) is 6.54 Å². The van der Waals surface area contributed by atoms with E-state index in [0.717, 1.165) is 31.5 Å². The first-order chi connectivity index (χ1) is 12.0. The van der Waals surface area contributed by atoms with Gasteiger partial charge < -0.3 is 10.6 Å². The van der Waals surface area contributed by atoms with Crippen LogP contribution in [0.25, 0.3) is 0 Å². The zero-order valence-electron chi connectivity index (χ0n) is 15.1. The summed E-state index contributed by atoms with van der Waals surface area (Å²) in [5, 5.41) is 5.98. The Bertz CT molecular complexity index is 604. The fourth-order valence-electron chi connectivity index (χ4n) is 3.34. The summed E-state index contributed by atoms with van der Waals surface area (Å²) in [5.41, 5.74) is 1.07. The van der Waals surface area contributed by atoms with E-state index in [-0.39, 0.29) is 23.8 Å². The van der Waals surface area contributed by atoms with Gasteiger partial charge in [0.15, 0.2) is 0 Å². The van der Waals surface area contributed by atoms with Gasteiger partial charge in [-0.15, -0.1) is 0 Å². The van der Waals surface area contributed by atoms with Gasteiger partial charge in [0.1, 0.15) is 5.82 Å². The van der Waals surface area contributed by atoms with Gasteiger partial charge in [-0.3, -0.25) is 14.5 Å².